The number of nitriles is 1. The Morgan fingerprint density at radius 3 is 2.33 bits per heavy atom. The smallest absolute Gasteiger partial charge is 0.253 e. The third kappa shape index (κ3) is 3.96. The van der Waals surface area contributed by atoms with Crippen LogP contribution in [0.3, 0.4) is 0 Å². The zero-order valence-electron chi connectivity index (χ0n) is 15.6. The fourth-order valence-corrected chi connectivity index (χ4v) is 3.66. The SMILES string of the molecule is CCc1nnc(N2CCN(C(=O)c3ccc(Br)cc3)CC2)c(C#N)c1CC. The summed E-state index contributed by atoms with van der Waals surface area (Å²) in [5.74, 6) is 0.673. The van der Waals surface area contributed by atoms with Crippen molar-refractivity contribution in [1.82, 2.24) is 15.1 Å². The van der Waals surface area contributed by atoms with Gasteiger partial charge in [0.15, 0.2) is 5.82 Å². The van der Waals surface area contributed by atoms with Crippen molar-refractivity contribution in [2.75, 3.05) is 31.1 Å². The van der Waals surface area contributed by atoms with Crippen LogP contribution in [0, 0.1) is 11.3 Å². The largest absolute Gasteiger partial charge is 0.350 e. The first-order chi connectivity index (χ1) is 13.1. The van der Waals surface area contributed by atoms with Gasteiger partial charge in [-0.25, -0.2) is 0 Å². The van der Waals surface area contributed by atoms with Gasteiger partial charge in [-0.05, 0) is 42.7 Å². The van der Waals surface area contributed by atoms with Gasteiger partial charge in [0.2, 0.25) is 0 Å². The van der Waals surface area contributed by atoms with Gasteiger partial charge in [-0.2, -0.15) is 10.4 Å². The Hall–Kier alpha value is -2.46. The van der Waals surface area contributed by atoms with E-state index in [1.54, 1.807) is 0 Å². The molecule has 0 aliphatic carbocycles. The quantitative estimate of drug-likeness (QED) is 0.748. The number of amides is 1. The van der Waals surface area contributed by atoms with Crippen LogP contribution < -0.4 is 4.90 Å². The topological polar surface area (TPSA) is 73.1 Å². The maximum atomic E-state index is 12.7. The molecule has 0 saturated carbocycles. The molecule has 3 rings (SSSR count). The average molecular weight is 428 g/mol. The molecule has 0 unspecified atom stereocenters. The van der Waals surface area contributed by atoms with E-state index in [0.29, 0.717) is 43.1 Å². The fourth-order valence-electron chi connectivity index (χ4n) is 3.40. The number of piperazine rings is 1. The minimum absolute atomic E-state index is 0.0318. The molecule has 0 bridgehead atoms. The highest BCUT2D eigenvalue weighted by Crippen LogP contribution is 2.24. The van der Waals surface area contributed by atoms with Crippen molar-refractivity contribution in [2.24, 2.45) is 0 Å². The summed E-state index contributed by atoms with van der Waals surface area (Å²) in [6, 6.07) is 9.73. The molecule has 2 aromatic rings. The van der Waals surface area contributed by atoms with Gasteiger partial charge in [-0.3, -0.25) is 4.79 Å². The Labute approximate surface area is 167 Å². The van der Waals surface area contributed by atoms with Crippen LogP contribution >= 0.6 is 15.9 Å². The number of rotatable bonds is 4. The minimum Gasteiger partial charge on any atom is -0.350 e. The van der Waals surface area contributed by atoms with E-state index in [2.05, 4.69) is 37.1 Å². The van der Waals surface area contributed by atoms with E-state index >= 15 is 0 Å². The van der Waals surface area contributed by atoms with Gasteiger partial charge in [0, 0.05) is 36.2 Å². The first-order valence-electron chi connectivity index (χ1n) is 9.17. The molecule has 1 saturated heterocycles. The molecule has 140 valence electrons. The standard InChI is InChI=1S/C20H22BrN5O/c1-3-16-17(13-22)19(24-23-18(16)4-2)25-9-11-26(12-10-25)20(27)14-5-7-15(21)8-6-14/h5-8H,3-4,9-12H2,1-2H3. The van der Waals surface area contributed by atoms with Crippen LogP contribution in [0.1, 0.15) is 41.0 Å². The normalized spacial score (nSPS) is 14.1. The number of benzene rings is 1. The molecule has 1 aromatic carbocycles. The van der Waals surface area contributed by atoms with Crippen molar-refractivity contribution in [3.8, 4) is 6.07 Å². The Kier molecular flexibility index (Phi) is 6.07. The molecule has 1 aliphatic rings. The number of hydrogen-bond donors (Lipinski definition) is 0. The van der Waals surface area contributed by atoms with Crippen molar-refractivity contribution < 1.29 is 4.79 Å². The molecule has 1 aromatic heterocycles. The van der Waals surface area contributed by atoms with Crippen molar-refractivity contribution >= 4 is 27.7 Å². The third-order valence-corrected chi connectivity index (χ3v) is 5.43. The van der Waals surface area contributed by atoms with E-state index in [0.717, 1.165) is 28.6 Å². The fraction of sp³-hybridized carbons (Fsp3) is 0.400. The van der Waals surface area contributed by atoms with Crippen LogP contribution in [0.15, 0.2) is 28.7 Å². The Bertz CT molecular complexity index is 867. The van der Waals surface area contributed by atoms with Gasteiger partial charge < -0.3 is 9.80 Å². The monoisotopic (exact) mass is 427 g/mol. The second-order valence-corrected chi connectivity index (χ2v) is 7.34. The third-order valence-electron chi connectivity index (χ3n) is 4.90. The van der Waals surface area contributed by atoms with Crippen molar-refractivity contribution in [1.29, 1.82) is 5.26 Å². The van der Waals surface area contributed by atoms with Gasteiger partial charge in [0.25, 0.3) is 5.91 Å². The van der Waals surface area contributed by atoms with Crippen molar-refractivity contribution in [3.63, 3.8) is 0 Å². The van der Waals surface area contributed by atoms with Crippen LogP contribution in [-0.4, -0.2) is 47.2 Å². The van der Waals surface area contributed by atoms with Gasteiger partial charge in [0.05, 0.1) is 5.69 Å². The summed E-state index contributed by atoms with van der Waals surface area (Å²) in [7, 11) is 0. The summed E-state index contributed by atoms with van der Waals surface area (Å²) in [6.45, 7) is 6.53. The summed E-state index contributed by atoms with van der Waals surface area (Å²) in [5.41, 5.74) is 3.18. The molecular weight excluding hydrogens is 406 g/mol. The summed E-state index contributed by atoms with van der Waals surface area (Å²) in [4.78, 5) is 16.6. The second-order valence-electron chi connectivity index (χ2n) is 6.43. The second kappa shape index (κ2) is 8.49. The molecule has 7 heteroatoms. The summed E-state index contributed by atoms with van der Waals surface area (Å²) in [5, 5.41) is 18.3. The highest BCUT2D eigenvalue weighted by molar-refractivity contribution is 9.10. The number of hydrogen-bond acceptors (Lipinski definition) is 5. The minimum atomic E-state index is 0.0318. The van der Waals surface area contributed by atoms with Crippen LogP contribution in [-0.2, 0) is 12.8 Å². The van der Waals surface area contributed by atoms with E-state index in [9.17, 15) is 10.1 Å². The lowest BCUT2D eigenvalue weighted by molar-refractivity contribution is 0.0746. The first-order valence-corrected chi connectivity index (χ1v) is 9.96. The number of anilines is 1. The lowest BCUT2D eigenvalue weighted by Gasteiger charge is -2.35. The van der Waals surface area contributed by atoms with Gasteiger partial charge in [-0.1, -0.05) is 29.8 Å². The van der Waals surface area contributed by atoms with Gasteiger partial charge in [-0.15, -0.1) is 5.10 Å². The summed E-state index contributed by atoms with van der Waals surface area (Å²) >= 11 is 3.39. The van der Waals surface area contributed by atoms with Gasteiger partial charge >= 0.3 is 0 Å². The van der Waals surface area contributed by atoms with E-state index in [-0.39, 0.29) is 5.91 Å². The van der Waals surface area contributed by atoms with Crippen LogP contribution in [0.4, 0.5) is 5.82 Å². The van der Waals surface area contributed by atoms with Crippen LogP contribution in [0.25, 0.3) is 0 Å². The molecule has 1 fully saturated rings. The maximum Gasteiger partial charge on any atom is 0.253 e. The van der Waals surface area contributed by atoms with Gasteiger partial charge in [0.1, 0.15) is 11.6 Å². The maximum absolute atomic E-state index is 12.7. The Morgan fingerprint density at radius 2 is 1.78 bits per heavy atom. The number of carbonyl (C=O) groups is 1. The number of aryl methyl sites for hydroxylation is 1. The summed E-state index contributed by atoms with van der Waals surface area (Å²) < 4.78 is 0.953. The van der Waals surface area contributed by atoms with E-state index < -0.39 is 0 Å². The molecule has 0 radical (unpaired) electrons. The molecule has 0 N–H and O–H groups in total. The molecule has 27 heavy (non-hydrogen) atoms. The zero-order chi connectivity index (χ0) is 19.4. The number of carbonyl (C=O) groups excluding carboxylic acids is 1. The van der Waals surface area contributed by atoms with Crippen molar-refractivity contribution in [2.45, 2.75) is 26.7 Å². The average Bonchev–Trinajstić information content (AvgIpc) is 2.72. The lowest BCUT2D eigenvalue weighted by atomic mass is 10.0. The van der Waals surface area contributed by atoms with Crippen molar-refractivity contribution in [3.05, 3.63) is 51.1 Å². The zero-order valence-corrected chi connectivity index (χ0v) is 17.2. The highest BCUT2D eigenvalue weighted by atomic mass is 79.9. The molecule has 0 spiro atoms. The van der Waals surface area contributed by atoms with Crippen LogP contribution in [0.2, 0.25) is 0 Å². The molecule has 6 nitrogen and oxygen atoms in total. The molecule has 1 amide bonds. The molecular formula is C20H22BrN5O. The Balaban J connectivity index is 1.75. The number of nitrogens with zero attached hydrogens (tertiary/aromatic N) is 5. The molecule has 2 heterocycles. The van der Waals surface area contributed by atoms with E-state index in [4.69, 9.17) is 0 Å². The first kappa shape index (κ1) is 19.3. The predicted octanol–water partition coefficient (Wildman–Crippen LogP) is 3.20. The number of aromatic nitrogens is 2. The molecule has 1 aliphatic heterocycles. The van der Waals surface area contributed by atoms with E-state index in [1.807, 2.05) is 43.0 Å². The van der Waals surface area contributed by atoms with E-state index in [1.165, 1.54) is 0 Å². The number of halogens is 1. The van der Waals surface area contributed by atoms with Crippen LogP contribution in [0.5, 0.6) is 0 Å². The molecule has 0 atom stereocenters. The highest BCUT2D eigenvalue weighted by Gasteiger charge is 2.26. The summed E-state index contributed by atoms with van der Waals surface area (Å²) in [6.07, 6.45) is 1.53. The predicted molar refractivity (Wildman–Crippen MR) is 108 cm³/mol. The Morgan fingerprint density at radius 1 is 1.11 bits per heavy atom. The lowest BCUT2D eigenvalue weighted by Crippen LogP contribution is -2.49.